The molecule has 0 radical (unpaired) electrons. The Kier molecular flexibility index (Phi) is 3.49. The highest BCUT2D eigenvalue weighted by Gasteiger charge is 2.31. The lowest BCUT2D eigenvalue weighted by molar-refractivity contribution is -0.139. The van der Waals surface area contributed by atoms with Crippen molar-refractivity contribution in [3.8, 4) is 5.75 Å². The molecule has 2 N–H and O–H groups in total. The van der Waals surface area contributed by atoms with Crippen LogP contribution in [-0.4, -0.2) is 45.7 Å². The lowest BCUT2D eigenvalue weighted by Gasteiger charge is -2.15. The Morgan fingerprint density at radius 3 is 2.74 bits per heavy atom. The molecule has 1 aliphatic heterocycles. The minimum Gasteiger partial charge on any atom is -0.480 e. The summed E-state index contributed by atoms with van der Waals surface area (Å²) < 4.78 is 5.04. The van der Waals surface area contributed by atoms with Gasteiger partial charge in [0.25, 0.3) is 0 Å². The number of aromatic nitrogens is 1. The average Bonchev–Trinajstić information content (AvgIpc) is 2.52. The largest absolute Gasteiger partial charge is 0.480 e. The molecule has 116 valence electrons. The summed E-state index contributed by atoms with van der Waals surface area (Å²) in [5, 5.41) is 18.2. The van der Waals surface area contributed by atoms with E-state index in [0.29, 0.717) is 16.6 Å². The van der Waals surface area contributed by atoms with Gasteiger partial charge in [-0.05, 0) is 12.1 Å². The first-order valence-corrected chi connectivity index (χ1v) is 6.56. The molecule has 23 heavy (non-hydrogen) atoms. The van der Waals surface area contributed by atoms with Gasteiger partial charge in [0.1, 0.15) is 5.75 Å². The van der Waals surface area contributed by atoms with Gasteiger partial charge in [0.05, 0.1) is 17.4 Å². The van der Waals surface area contributed by atoms with Gasteiger partial charge in [-0.25, -0.2) is 4.79 Å². The van der Waals surface area contributed by atoms with Crippen molar-refractivity contribution >= 4 is 40.5 Å². The molecule has 0 aliphatic carbocycles. The van der Waals surface area contributed by atoms with E-state index in [4.69, 9.17) is 14.9 Å². The van der Waals surface area contributed by atoms with Crippen molar-refractivity contribution in [1.29, 1.82) is 0 Å². The van der Waals surface area contributed by atoms with Crippen LogP contribution >= 0.6 is 0 Å². The number of carbonyl (C=O) groups is 3. The number of nitrogens with zero attached hydrogens (tertiary/aromatic N) is 2. The number of Topliss-reactive ketones (excluding diaryl/α,β-unsaturated/α-hetero) is 1. The van der Waals surface area contributed by atoms with E-state index < -0.39 is 30.2 Å². The molecular formula is C15H10N2O6. The molecule has 0 spiro atoms. The second kappa shape index (κ2) is 5.48. The van der Waals surface area contributed by atoms with Crippen LogP contribution in [0.3, 0.4) is 0 Å². The molecule has 0 saturated carbocycles. The number of carbonyl (C=O) groups excluding carboxylic acids is 1. The maximum Gasteiger partial charge on any atom is 0.341 e. The third-order valence-corrected chi connectivity index (χ3v) is 3.33. The Morgan fingerprint density at radius 2 is 2.04 bits per heavy atom. The van der Waals surface area contributed by atoms with Crippen molar-refractivity contribution in [1.82, 2.24) is 4.98 Å². The van der Waals surface area contributed by atoms with Gasteiger partial charge in [-0.1, -0.05) is 6.07 Å². The average molecular weight is 314 g/mol. The highest BCUT2D eigenvalue weighted by Crippen LogP contribution is 2.34. The monoisotopic (exact) mass is 314 g/mol. The van der Waals surface area contributed by atoms with Crippen molar-refractivity contribution in [3.05, 3.63) is 30.0 Å². The number of carboxylic acid groups (broad SMARTS) is 2. The van der Waals surface area contributed by atoms with Crippen molar-refractivity contribution in [3.63, 3.8) is 0 Å². The Hall–Kier alpha value is -3.29. The number of benzene rings is 1. The first-order valence-electron chi connectivity index (χ1n) is 6.56. The molecule has 1 aromatic carbocycles. The fourth-order valence-electron chi connectivity index (χ4n) is 2.28. The maximum absolute atomic E-state index is 12.2. The van der Waals surface area contributed by atoms with Gasteiger partial charge in [-0.2, -0.15) is 0 Å². The molecule has 1 aromatic heterocycles. The zero-order valence-electron chi connectivity index (χ0n) is 11.6. The second-order valence-electron chi connectivity index (χ2n) is 4.85. The van der Waals surface area contributed by atoms with E-state index in [9.17, 15) is 14.4 Å². The predicted molar refractivity (Wildman–Crippen MR) is 78.5 cm³/mol. The number of ether oxygens (including phenoxy) is 1. The summed E-state index contributed by atoms with van der Waals surface area (Å²) in [4.78, 5) is 41.9. The molecule has 0 amide bonds. The van der Waals surface area contributed by atoms with Crippen molar-refractivity contribution < 1.29 is 29.3 Å². The lowest BCUT2D eigenvalue weighted by Crippen LogP contribution is -2.27. The van der Waals surface area contributed by atoms with Crippen molar-refractivity contribution in [2.24, 2.45) is 10.9 Å². The first-order chi connectivity index (χ1) is 11.0. The Balaban J connectivity index is 2.03. The van der Waals surface area contributed by atoms with Crippen LogP contribution in [0.15, 0.2) is 29.4 Å². The minimum absolute atomic E-state index is 0.194. The van der Waals surface area contributed by atoms with Crippen molar-refractivity contribution in [2.75, 3.05) is 6.61 Å². The van der Waals surface area contributed by atoms with Gasteiger partial charge in [-0.3, -0.25) is 19.6 Å². The Morgan fingerprint density at radius 1 is 1.26 bits per heavy atom. The lowest BCUT2D eigenvalue weighted by atomic mass is 9.93. The molecule has 8 heteroatoms. The highest BCUT2D eigenvalue weighted by molar-refractivity contribution is 6.24. The van der Waals surface area contributed by atoms with Crippen LogP contribution in [-0.2, 0) is 9.59 Å². The van der Waals surface area contributed by atoms with E-state index in [2.05, 4.69) is 9.98 Å². The SMILES string of the molecule is O=C(O)COc1cnc2c3c(ccc2c1)C(=O)C(C(=O)O)C=N3. The first kappa shape index (κ1) is 14.6. The molecular weight excluding hydrogens is 304 g/mol. The third kappa shape index (κ3) is 2.61. The number of carboxylic acids is 2. The van der Waals surface area contributed by atoms with E-state index in [0.717, 1.165) is 6.21 Å². The fourth-order valence-corrected chi connectivity index (χ4v) is 2.28. The summed E-state index contributed by atoms with van der Waals surface area (Å²) >= 11 is 0. The molecule has 0 saturated heterocycles. The maximum atomic E-state index is 12.2. The fraction of sp³-hybridized carbons (Fsp3) is 0.133. The Bertz CT molecular complexity index is 874. The summed E-state index contributed by atoms with van der Waals surface area (Å²) in [6, 6.07) is 4.65. The van der Waals surface area contributed by atoms with Crippen LogP contribution in [0.25, 0.3) is 10.9 Å². The van der Waals surface area contributed by atoms with E-state index in [-0.39, 0.29) is 11.3 Å². The molecule has 8 nitrogen and oxygen atoms in total. The molecule has 2 aromatic rings. The third-order valence-electron chi connectivity index (χ3n) is 3.33. The Labute approximate surface area is 129 Å². The standard InChI is InChI=1S/C15H10N2O6/c18-11(19)6-23-8-3-7-1-2-9-13(12(7)16-4-8)17-5-10(14(9)20)15(21)22/h1-5,10H,6H2,(H,18,19)(H,21,22). The highest BCUT2D eigenvalue weighted by atomic mass is 16.5. The van der Waals surface area contributed by atoms with E-state index in [1.165, 1.54) is 12.3 Å². The van der Waals surface area contributed by atoms with Gasteiger partial charge < -0.3 is 14.9 Å². The number of aliphatic imine (C=N–C) groups is 1. The normalized spacial score (nSPS) is 16.2. The molecule has 1 aliphatic rings. The van der Waals surface area contributed by atoms with Crippen LogP contribution in [0.1, 0.15) is 10.4 Å². The van der Waals surface area contributed by atoms with Crippen LogP contribution in [0, 0.1) is 5.92 Å². The topological polar surface area (TPSA) is 126 Å². The van der Waals surface area contributed by atoms with E-state index in [1.807, 2.05) is 0 Å². The summed E-state index contributed by atoms with van der Waals surface area (Å²) in [5.74, 6) is -3.93. The van der Waals surface area contributed by atoms with Crippen LogP contribution in [0.2, 0.25) is 0 Å². The second-order valence-corrected chi connectivity index (χ2v) is 4.85. The molecule has 1 unspecified atom stereocenters. The van der Waals surface area contributed by atoms with Crippen LogP contribution < -0.4 is 4.74 Å². The molecule has 0 bridgehead atoms. The molecule has 2 heterocycles. The van der Waals surface area contributed by atoms with E-state index in [1.54, 1.807) is 12.1 Å². The van der Waals surface area contributed by atoms with Gasteiger partial charge in [0.15, 0.2) is 18.3 Å². The van der Waals surface area contributed by atoms with Crippen LogP contribution in [0.4, 0.5) is 5.69 Å². The summed E-state index contributed by atoms with van der Waals surface area (Å²) in [6.45, 7) is -0.491. The summed E-state index contributed by atoms with van der Waals surface area (Å²) in [5.41, 5.74) is 0.910. The van der Waals surface area contributed by atoms with Gasteiger partial charge in [0, 0.05) is 17.2 Å². The number of pyridine rings is 1. The van der Waals surface area contributed by atoms with E-state index >= 15 is 0 Å². The molecule has 3 rings (SSSR count). The number of hydrogen-bond donors (Lipinski definition) is 2. The van der Waals surface area contributed by atoms with Gasteiger partial charge >= 0.3 is 11.9 Å². The van der Waals surface area contributed by atoms with Gasteiger partial charge in [0.2, 0.25) is 0 Å². The zero-order chi connectivity index (χ0) is 16.6. The minimum atomic E-state index is -1.29. The molecule has 0 fully saturated rings. The smallest absolute Gasteiger partial charge is 0.341 e. The summed E-state index contributed by atoms with van der Waals surface area (Å²) in [6.07, 6.45) is 2.41. The van der Waals surface area contributed by atoms with Crippen molar-refractivity contribution in [2.45, 2.75) is 0 Å². The number of hydrogen-bond acceptors (Lipinski definition) is 6. The summed E-state index contributed by atoms with van der Waals surface area (Å²) in [7, 11) is 0. The molecule has 1 atom stereocenters. The number of rotatable bonds is 4. The number of fused-ring (bicyclic) bond motifs is 3. The van der Waals surface area contributed by atoms with Crippen LogP contribution in [0.5, 0.6) is 5.75 Å². The number of ketones is 1. The predicted octanol–water partition coefficient (Wildman–Crippen LogP) is 1.30. The zero-order valence-corrected chi connectivity index (χ0v) is 11.6. The quantitative estimate of drug-likeness (QED) is 0.814. The van der Waals surface area contributed by atoms with Gasteiger partial charge in [-0.15, -0.1) is 0 Å². The number of aliphatic carboxylic acids is 2.